The Morgan fingerprint density at radius 2 is 1.83 bits per heavy atom. The highest BCUT2D eigenvalue weighted by Crippen LogP contribution is 2.40. The Bertz CT molecular complexity index is 390. The zero-order valence-corrected chi connectivity index (χ0v) is 11.4. The molecular formula is C16H24N2. The Morgan fingerprint density at radius 3 is 2.50 bits per heavy atom. The molecule has 2 saturated heterocycles. The van der Waals surface area contributed by atoms with Crippen LogP contribution in [-0.4, -0.2) is 26.2 Å². The number of aryl methyl sites for hydroxylation is 1. The fraction of sp³-hybridized carbons (Fsp3) is 0.625. The van der Waals surface area contributed by atoms with Gasteiger partial charge in [0.05, 0.1) is 0 Å². The third-order valence-corrected chi connectivity index (χ3v) is 4.81. The minimum Gasteiger partial charge on any atom is -0.371 e. The van der Waals surface area contributed by atoms with Crippen molar-refractivity contribution in [2.45, 2.75) is 32.6 Å². The molecule has 0 aliphatic carbocycles. The van der Waals surface area contributed by atoms with Gasteiger partial charge in [0.25, 0.3) is 0 Å². The summed E-state index contributed by atoms with van der Waals surface area (Å²) in [7, 11) is 0. The van der Waals surface area contributed by atoms with Crippen LogP contribution in [0.4, 0.5) is 5.69 Å². The highest BCUT2D eigenvalue weighted by atomic mass is 15.2. The Morgan fingerprint density at radius 1 is 1.11 bits per heavy atom. The predicted molar refractivity (Wildman–Crippen MR) is 77.2 cm³/mol. The van der Waals surface area contributed by atoms with E-state index in [1.807, 2.05) is 0 Å². The Labute approximate surface area is 110 Å². The minimum absolute atomic E-state index is 0.606. The second kappa shape index (κ2) is 4.93. The van der Waals surface area contributed by atoms with Crippen molar-refractivity contribution >= 4 is 5.69 Å². The van der Waals surface area contributed by atoms with Gasteiger partial charge in [-0.15, -0.1) is 0 Å². The average molecular weight is 244 g/mol. The molecule has 2 nitrogen and oxygen atoms in total. The van der Waals surface area contributed by atoms with Crippen LogP contribution in [-0.2, 0) is 6.42 Å². The molecule has 0 aromatic heterocycles. The first-order valence-corrected chi connectivity index (χ1v) is 7.36. The van der Waals surface area contributed by atoms with E-state index in [0.717, 1.165) is 6.42 Å². The van der Waals surface area contributed by atoms with Gasteiger partial charge in [0.15, 0.2) is 0 Å². The van der Waals surface area contributed by atoms with Crippen LogP contribution >= 0.6 is 0 Å². The summed E-state index contributed by atoms with van der Waals surface area (Å²) in [5.41, 5.74) is 3.46. The van der Waals surface area contributed by atoms with Gasteiger partial charge in [0.2, 0.25) is 0 Å². The third-order valence-electron chi connectivity index (χ3n) is 4.81. The maximum absolute atomic E-state index is 3.49. The molecule has 2 heterocycles. The molecule has 18 heavy (non-hydrogen) atoms. The first-order valence-electron chi connectivity index (χ1n) is 7.36. The number of hydrogen-bond acceptors (Lipinski definition) is 2. The van der Waals surface area contributed by atoms with Crippen molar-refractivity contribution < 1.29 is 0 Å². The summed E-state index contributed by atoms with van der Waals surface area (Å²) in [5.74, 6) is 0. The summed E-state index contributed by atoms with van der Waals surface area (Å²) in [6.45, 7) is 7.14. The lowest BCUT2D eigenvalue weighted by molar-refractivity contribution is 0.232. The first kappa shape index (κ1) is 12.0. The minimum atomic E-state index is 0.606. The van der Waals surface area contributed by atoms with E-state index < -0.39 is 0 Å². The maximum atomic E-state index is 3.49. The molecule has 98 valence electrons. The summed E-state index contributed by atoms with van der Waals surface area (Å²) in [6.07, 6.45) is 5.23. The molecule has 0 atom stereocenters. The van der Waals surface area contributed by atoms with E-state index >= 15 is 0 Å². The van der Waals surface area contributed by atoms with Gasteiger partial charge in [-0.05, 0) is 61.9 Å². The standard InChI is InChI=1S/C16H24N2/c1-2-14-3-5-15(6-4-14)18-12-9-16(13-18)7-10-17-11-8-16/h3-6,17H,2,7-13H2,1H3. The van der Waals surface area contributed by atoms with Crippen LogP contribution in [0.15, 0.2) is 24.3 Å². The highest BCUT2D eigenvalue weighted by molar-refractivity contribution is 5.49. The highest BCUT2D eigenvalue weighted by Gasteiger charge is 2.38. The zero-order chi connectivity index (χ0) is 12.4. The topological polar surface area (TPSA) is 15.3 Å². The third kappa shape index (κ3) is 2.26. The number of piperidine rings is 1. The van der Waals surface area contributed by atoms with Gasteiger partial charge < -0.3 is 10.2 Å². The molecule has 2 aliphatic rings. The molecule has 2 fully saturated rings. The largest absolute Gasteiger partial charge is 0.371 e. The quantitative estimate of drug-likeness (QED) is 0.860. The van der Waals surface area contributed by atoms with Gasteiger partial charge in [-0.25, -0.2) is 0 Å². The fourth-order valence-corrected chi connectivity index (χ4v) is 3.46. The molecule has 0 amide bonds. The van der Waals surface area contributed by atoms with Crippen molar-refractivity contribution in [3.63, 3.8) is 0 Å². The van der Waals surface area contributed by atoms with Crippen molar-refractivity contribution in [1.29, 1.82) is 0 Å². The monoisotopic (exact) mass is 244 g/mol. The van der Waals surface area contributed by atoms with Crippen LogP contribution in [0.3, 0.4) is 0 Å². The zero-order valence-electron chi connectivity index (χ0n) is 11.4. The maximum Gasteiger partial charge on any atom is 0.0366 e. The van der Waals surface area contributed by atoms with Crippen LogP contribution < -0.4 is 10.2 Å². The van der Waals surface area contributed by atoms with Crippen LogP contribution in [0.25, 0.3) is 0 Å². The predicted octanol–water partition coefficient (Wildman–Crippen LogP) is 2.83. The number of rotatable bonds is 2. The van der Waals surface area contributed by atoms with E-state index in [9.17, 15) is 0 Å². The molecule has 1 aromatic rings. The van der Waals surface area contributed by atoms with Gasteiger partial charge >= 0.3 is 0 Å². The average Bonchev–Trinajstić information content (AvgIpc) is 2.83. The van der Waals surface area contributed by atoms with E-state index in [2.05, 4.69) is 41.4 Å². The van der Waals surface area contributed by atoms with E-state index in [0.29, 0.717) is 5.41 Å². The first-order chi connectivity index (χ1) is 8.81. The summed E-state index contributed by atoms with van der Waals surface area (Å²) >= 11 is 0. The molecule has 1 N–H and O–H groups in total. The van der Waals surface area contributed by atoms with E-state index in [1.165, 1.54) is 56.7 Å². The van der Waals surface area contributed by atoms with Crippen LogP contribution in [0.5, 0.6) is 0 Å². The Hall–Kier alpha value is -1.02. The normalized spacial score (nSPS) is 22.6. The van der Waals surface area contributed by atoms with E-state index in [4.69, 9.17) is 0 Å². The second-order valence-corrected chi connectivity index (χ2v) is 5.94. The summed E-state index contributed by atoms with van der Waals surface area (Å²) in [6, 6.07) is 9.17. The molecular weight excluding hydrogens is 220 g/mol. The van der Waals surface area contributed by atoms with Gasteiger partial charge in [0.1, 0.15) is 0 Å². The molecule has 2 aliphatic heterocycles. The lowest BCUT2D eigenvalue weighted by Crippen LogP contribution is -2.38. The molecule has 2 heteroatoms. The molecule has 0 radical (unpaired) electrons. The van der Waals surface area contributed by atoms with Gasteiger partial charge in [-0.3, -0.25) is 0 Å². The lowest BCUT2D eigenvalue weighted by atomic mass is 9.78. The van der Waals surface area contributed by atoms with Crippen molar-refractivity contribution in [2.24, 2.45) is 5.41 Å². The van der Waals surface area contributed by atoms with Gasteiger partial charge in [-0.2, -0.15) is 0 Å². The van der Waals surface area contributed by atoms with Crippen LogP contribution in [0, 0.1) is 5.41 Å². The number of hydrogen-bond donors (Lipinski definition) is 1. The van der Waals surface area contributed by atoms with Crippen molar-refractivity contribution in [2.75, 3.05) is 31.1 Å². The van der Waals surface area contributed by atoms with E-state index in [-0.39, 0.29) is 0 Å². The number of nitrogens with zero attached hydrogens (tertiary/aromatic N) is 1. The fourth-order valence-electron chi connectivity index (χ4n) is 3.46. The van der Waals surface area contributed by atoms with Crippen molar-refractivity contribution in [3.05, 3.63) is 29.8 Å². The van der Waals surface area contributed by atoms with Gasteiger partial charge in [-0.1, -0.05) is 19.1 Å². The van der Waals surface area contributed by atoms with E-state index in [1.54, 1.807) is 0 Å². The molecule has 1 spiro atoms. The molecule has 0 saturated carbocycles. The van der Waals surface area contributed by atoms with Crippen LogP contribution in [0.1, 0.15) is 31.7 Å². The van der Waals surface area contributed by atoms with Gasteiger partial charge in [0, 0.05) is 18.8 Å². The van der Waals surface area contributed by atoms with Crippen molar-refractivity contribution in [1.82, 2.24) is 5.32 Å². The molecule has 3 rings (SSSR count). The summed E-state index contributed by atoms with van der Waals surface area (Å²) < 4.78 is 0. The second-order valence-electron chi connectivity index (χ2n) is 5.94. The molecule has 0 bridgehead atoms. The summed E-state index contributed by atoms with van der Waals surface area (Å²) in [5, 5.41) is 3.49. The lowest BCUT2D eigenvalue weighted by Gasteiger charge is -2.34. The smallest absolute Gasteiger partial charge is 0.0366 e. The SMILES string of the molecule is CCc1ccc(N2CCC3(CCNCC3)C2)cc1. The number of benzene rings is 1. The molecule has 1 aromatic carbocycles. The summed E-state index contributed by atoms with van der Waals surface area (Å²) in [4.78, 5) is 2.59. The number of anilines is 1. The van der Waals surface area contributed by atoms with Crippen molar-refractivity contribution in [3.8, 4) is 0 Å². The number of nitrogens with one attached hydrogen (secondary N) is 1. The Kier molecular flexibility index (Phi) is 3.29. The molecule has 0 unspecified atom stereocenters. The Balaban J connectivity index is 1.70. The van der Waals surface area contributed by atoms with Crippen LogP contribution in [0.2, 0.25) is 0 Å².